The third-order valence-corrected chi connectivity index (χ3v) is 10.3. The van der Waals surface area contributed by atoms with Crippen LogP contribution < -0.4 is 0 Å². The fourth-order valence-electron chi connectivity index (χ4n) is 9.22. The van der Waals surface area contributed by atoms with E-state index in [-0.39, 0.29) is 17.0 Å². The molecular weight excluding hydrogens is 350 g/mol. The van der Waals surface area contributed by atoms with Gasteiger partial charge in [0.25, 0.3) is 0 Å². The van der Waals surface area contributed by atoms with Gasteiger partial charge in [-0.05, 0) is 86.5 Å². The Morgan fingerprint density at radius 1 is 1.25 bits per heavy atom. The molecule has 28 heavy (non-hydrogen) atoms. The molecule has 4 heteroatoms. The van der Waals surface area contributed by atoms with Crippen LogP contribution in [0.25, 0.3) is 0 Å². The molecule has 0 radical (unpaired) electrons. The number of nitrogens with zero attached hydrogens (tertiary/aromatic N) is 1. The van der Waals surface area contributed by atoms with E-state index in [1.165, 1.54) is 32.1 Å². The van der Waals surface area contributed by atoms with Gasteiger partial charge in [0.1, 0.15) is 5.60 Å². The van der Waals surface area contributed by atoms with Crippen LogP contribution in [-0.2, 0) is 9.53 Å². The lowest BCUT2D eigenvalue weighted by atomic mass is 9.46. The number of hydrogen-bond acceptors (Lipinski definition) is 4. The Morgan fingerprint density at radius 3 is 2.82 bits per heavy atom. The molecule has 1 spiro atoms. The summed E-state index contributed by atoms with van der Waals surface area (Å²) in [5.41, 5.74) is 2.49. The van der Waals surface area contributed by atoms with Crippen LogP contribution in [0.2, 0.25) is 0 Å². The van der Waals surface area contributed by atoms with Crippen LogP contribution >= 0.6 is 0 Å². The van der Waals surface area contributed by atoms with E-state index in [1.54, 1.807) is 5.57 Å². The van der Waals surface area contributed by atoms with Crippen molar-refractivity contribution in [2.24, 2.45) is 52.0 Å². The maximum atomic E-state index is 12.2. The highest BCUT2D eigenvalue weighted by Crippen LogP contribution is 2.79. The van der Waals surface area contributed by atoms with Crippen LogP contribution in [-0.4, -0.2) is 22.5 Å². The maximum Gasteiger partial charge on any atom is 0.306 e. The van der Waals surface area contributed by atoms with Gasteiger partial charge in [0.15, 0.2) is 0 Å². The number of hydrogen-bond donors (Lipinski definition) is 1. The molecule has 9 atom stereocenters. The lowest BCUT2D eigenvalue weighted by Gasteiger charge is -2.59. The standard InChI is InChI=1S/C24H33NO3/c1-3-13-10-14-11-15(25-27)4-5-16(14)17-6-8-23(2)22(21(13)17)18-12-19(18)24(23)9-7-20(26)28-24/h11,13,16-19,21-22,27H,3-10,12H2,1-2H3/b25-15+/t13-,16+,17?,18+,19-,21?,22?,23+,24+/m1/s1. The summed E-state index contributed by atoms with van der Waals surface area (Å²) in [5.74, 6) is 5.19. The van der Waals surface area contributed by atoms with Crippen LogP contribution in [0, 0.1) is 46.8 Å². The third-order valence-electron chi connectivity index (χ3n) is 10.3. The highest BCUT2D eigenvalue weighted by Gasteiger charge is 2.79. The zero-order valence-electron chi connectivity index (χ0n) is 17.2. The van der Waals surface area contributed by atoms with Gasteiger partial charge in [-0.15, -0.1) is 0 Å². The van der Waals surface area contributed by atoms with Gasteiger partial charge in [-0.3, -0.25) is 4.79 Å². The molecule has 6 rings (SSSR count). The molecule has 1 aliphatic heterocycles. The molecule has 0 aromatic heterocycles. The highest BCUT2D eigenvalue weighted by atomic mass is 16.6. The van der Waals surface area contributed by atoms with Gasteiger partial charge in [0.2, 0.25) is 0 Å². The first-order valence-corrected chi connectivity index (χ1v) is 11.7. The molecule has 1 N–H and O–H groups in total. The van der Waals surface area contributed by atoms with Crippen LogP contribution in [0.3, 0.4) is 0 Å². The van der Waals surface area contributed by atoms with Crippen LogP contribution in [0.5, 0.6) is 0 Å². The van der Waals surface area contributed by atoms with Gasteiger partial charge >= 0.3 is 5.97 Å². The molecular formula is C24H33NO3. The zero-order chi connectivity index (χ0) is 19.3. The Morgan fingerprint density at radius 2 is 2.11 bits per heavy atom. The SMILES string of the molecule is CC[C@@H]1CC2=C/C(=N/O)CC[C@@H]2C2CC[C@@]3(C)C(C21)[C@H]1C[C@H]1[C@@]31CCC(=O)O1. The van der Waals surface area contributed by atoms with Gasteiger partial charge in [0, 0.05) is 17.8 Å². The Hall–Kier alpha value is -1.32. The van der Waals surface area contributed by atoms with E-state index in [0.717, 1.165) is 54.6 Å². The number of oxime groups is 1. The Balaban J connectivity index is 1.40. The number of rotatable bonds is 1. The normalized spacial score (nSPS) is 55.2. The van der Waals surface area contributed by atoms with Crippen molar-refractivity contribution in [3.8, 4) is 0 Å². The van der Waals surface area contributed by atoms with E-state index in [4.69, 9.17) is 4.74 Å². The van der Waals surface area contributed by atoms with Crippen LogP contribution in [0.4, 0.5) is 0 Å². The topological polar surface area (TPSA) is 58.9 Å². The summed E-state index contributed by atoms with van der Waals surface area (Å²) in [6, 6.07) is 0. The lowest BCUT2D eigenvalue weighted by Crippen LogP contribution is -2.56. The van der Waals surface area contributed by atoms with Gasteiger partial charge in [-0.25, -0.2) is 0 Å². The fourth-order valence-corrected chi connectivity index (χ4v) is 9.22. The largest absolute Gasteiger partial charge is 0.458 e. The number of ether oxygens (including phenoxy) is 1. The summed E-state index contributed by atoms with van der Waals surface area (Å²) in [7, 11) is 0. The second-order valence-electron chi connectivity index (χ2n) is 10.9. The minimum Gasteiger partial charge on any atom is -0.458 e. The summed E-state index contributed by atoms with van der Waals surface area (Å²) >= 11 is 0. The molecule has 152 valence electrons. The van der Waals surface area contributed by atoms with Gasteiger partial charge in [-0.2, -0.15) is 0 Å². The van der Waals surface area contributed by atoms with Gasteiger partial charge < -0.3 is 9.94 Å². The second-order valence-corrected chi connectivity index (χ2v) is 10.9. The average Bonchev–Trinajstić information content (AvgIpc) is 3.35. The Kier molecular flexibility index (Phi) is 3.53. The Labute approximate surface area is 167 Å². The summed E-state index contributed by atoms with van der Waals surface area (Å²) in [6.45, 7) is 4.86. The molecule has 6 aliphatic rings. The monoisotopic (exact) mass is 383 g/mol. The molecule has 0 bridgehead atoms. The summed E-state index contributed by atoms with van der Waals surface area (Å²) in [4.78, 5) is 12.2. The summed E-state index contributed by atoms with van der Waals surface area (Å²) < 4.78 is 6.23. The summed E-state index contributed by atoms with van der Waals surface area (Å²) in [5, 5.41) is 12.8. The smallest absolute Gasteiger partial charge is 0.306 e. The van der Waals surface area contributed by atoms with Crippen molar-refractivity contribution < 1.29 is 14.7 Å². The van der Waals surface area contributed by atoms with Crippen molar-refractivity contribution >= 4 is 11.7 Å². The molecule has 5 aliphatic carbocycles. The first kappa shape index (κ1) is 17.5. The van der Waals surface area contributed by atoms with E-state index < -0.39 is 0 Å². The van der Waals surface area contributed by atoms with E-state index in [2.05, 4.69) is 25.1 Å². The summed E-state index contributed by atoms with van der Waals surface area (Å²) in [6.07, 6.45) is 12.1. The van der Waals surface area contributed by atoms with Crippen molar-refractivity contribution in [2.75, 3.05) is 0 Å². The molecule has 0 aromatic rings. The first-order chi connectivity index (χ1) is 13.5. The number of allylic oxidation sites excluding steroid dienone is 2. The molecule has 0 aromatic carbocycles. The second kappa shape index (κ2) is 5.64. The first-order valence-electron chi connectivity index (χ1n) is 11.7. The van der Waals surface area contributed by atoms with E-state index >= 15 is 0 Å². The van der Waals surface area contributed by atoms with Crippen molar-refractivity contribution in [3.05, 3.63) is 11.6 Å². The predicted octanol–water partition coefficient (Wildman–Crippen LogP) is 4.96. The molecule has 5 fully saturated rings. The third kappa shape index (κ3) is 1.98. The van der Waals surface area contributed by atoms with E-state index in [9.17, 15) is 10.0 Å². The quantitative estimate of drug-likeness (QED) is 0.396. The molecule has 4 nitrogen and oxygen atoms in total. The van der Waals surface area contributed by atoms with Gasteiger partial charge in [0.05, 0.1) is 5.71 Å². The zero-order valence-corrected chi connectivity index (χ0v) is 17.2. The molecule has 1 saturated heterocycles. The number of carbonyl (C=O) groups excluding carboxylic acids is 1. The van der Waals surface area contributed by atoms with Gasteiger partial charge in [-0.1, -0.05) is 31.0 Å². The van der Waals surface area contributed by atoms with Crippen molar-refractivity contribution in [2.45, 2.75) is 77.2 Å². The minimum atomic E-state index is -0.137. The van der Waals surface area contributed by atoms with Crippen molar-refractivity contribution in [1.82, 2.24) is 0 Å². The van der Waals surface area contributed by atoms with Crippen LogP contribution in [0.15, 0.2) is 16.8 Å². The van der Waals surface area contributed by atoms with Crippen LogP contribution in [0.1, 0.15) is 71.6 Å². The van der Waals surface area contributed by atoms with Crippen molar-refractivity contribution in [3.63, 3.8) is 0 Å². The molecule has 3 unspecified atom stereocenters. The molecule has 0 amide bonds. The lowest BCUT2D eigenvalue weighted by molar-refractivity contribution is -0.177. The fraction of sp³-hybridized carbons (Fsp3) is 0.833. The molecule has 1 heterocycles. The Bertz CT molecular complexity index is 787. The average molecular weight is 384 g/mol. The highest BCUT2D eigenvalue weighted by molar-refractivity contribution is 5.96. The number of carbonyl (C=O) groups is 1. The molecule has 4 saturated carbocycles. The number of fused-ring (bicyclic) bond motifs is 9. The number of esters is 1. The van der Waals surface area contributed by atoms with Crippen molar-refractivity contribution in [1.29, 1.82) is 0 Å². The predicted molar refractivity (Wildman–Crippen MR) is 106 cm³/mol. The van der Waals surface area contributed by atoms with E-state index in [1.807, 2.05) is 0 Å². The minimum absolute atomic E-state index is 0.0543. The maximum absolute atomic E-state index is 12.2. The van der Waals surface area contributed by atoms with E-state index in [0.29, 0.717) is 18.3 Å².